The Morgan fingerprint density at radius 2 is 2.16 bits per heavy atom. The second-order valence-electron chi connectivity index (χ2n) is 6.28. The van der Waals surface area contributed by atoms with E-state index in [1.165, 1.54) is 10.9 Å². The van der Waals surface area contributed by atoms with Crippen molar-refractivity contribution in [2.75, 3.05) is 31.7 Å². The number of fused-ring (bicyclic) bond motifs is 1. The number of rotatable bonds is 3. The number of morpholine rings is 1. The van der Waals surface area contributed by atoms with Gasteiger partial charge in [-0.25, -0.2) is 9.97 Å². The Labute approximate surface area is 151 Å². The molecular formula is C19H21N3O2S. The van der Waals surface area contributed by atoms with Crippen LogP contribution in [0.15, 0.2) is 29.6 Å². The average Bonchev–Trinajstić information content (AvgIpc) is 3.02. The molecule has 2 aromatic heterocycles. The van der Waals surface area contributed by atoms with Gasteiger partial charge in [0.05, 0.1) is 19.1 Å². The molecule has 1 aliphatic rings. The van der Waals surface area contributed by atoms with Crippen molar-refractivity contribution in [3.8, 4) is 5.75 Å². The van der Waals surface area contributed by atoms with E-state index in [-0.39, 0.29) is 6.10 Å². The molecule has 6 heteroatoms. The maximum atomic E-state index is 6.03. The van der Waals surface area contributed by atoms with Gasteiger partial charge in [-0.15, -0.1) is 11.3 Å². The van der Waals surface area contributed by atoms with Crippen molar-refractivity contribution < 1.29 is 9.47 Å². The highest BCUT2D eigenvalue weighted by Crippen LogP contribution is 2.34. The highest BCUT2D eigenvalue weighted by atomic mass is 32.1. The van der Waals surface area contributed by atoms with Gasteiger partial charge >= 0.3 is 0 Å². The van der Waals surface area contributed by atoms with Crippen molar-refractivity contribution >= 4 is 27.4 Å². The molecule has 3 aromatic rings. The van der Waals surface area contributed by atoms with Crippen LogP contribution in [0.4, 0.5) is 5.82 Å². The summed E-state index contributed by atoms with van der Waals surface area (Å²) in [6, 6.07) is 8.10. The maximum Gasteiger partial charge on any atom is 0.141 e. The first-order chi connectivity index (χ1) is 12.2. The van der Waals surface area contributed by atoms with Gasteiger partial charge in [-0.1, -0.05) is 12.1 Å². The fraction of sp³-hybridized carbons (Fsp3) is 0.368. The van der Waals surface area contributed by atoms with Crippen molar-refractivity contribution in [3.05, 3.63) is 46.6 Å². The minimum atomic E-state index is 0.00751. The monoisotopic (exact) mass is 355 g/mol. The summed E-state index contributed by atoms with van der Waals surface area (Å²) in [5.74, 6) is 2.69. The number of thiophene rings is 1. The Balaban J connectivity index is 1.69. The standard InChI is InChI=1S/C19H21N3O2S/c1-12-11-25-19-17(12)18(20-13(2)21-19)22-7-8-24-16(10-22)14-5-4-6-15(9-14)23-3/h4-6,9,11,16H,7-8,10H2,1-3H3. The number of anilines is 1. The van der Waals surface area contributed by atoms with Crippen LogP contribution in [0.2, 0.25) is 0 Å². The summed E-state index contributed by atoms with van der Waals surface area (Å²) < 4.78 is 11.4. The fourth-order valence-electron chi connectivity index (χ4n) is 3.28. The molecule has 0 radical (unpaired) electrons. The van der Waals surface area contributed by atoms with Crippen LogP contribution in [0.25, 0.3) is 10.2 Å². The largest absolute Gasteiger partial charge is 0.497 e. The zero-order chi connectivity index (χ0) is 17.4. The number of nitrogens with zero attached hydrogens (tertiary/aromatic N) is 3. The van der Waals surface area contributed by atoms with Crippen LogP contribution < -0.4 is 9.64 Å². The van der Waals surface area contributed by atoms with Gasteiger partial charge in [-0.3, -0.25) is 0 Å². The van der Waals surface area contributed by atoms with E-state index in [0.29, 0.717) is 6.61 Å². The summed E-state index contributed by atoms with van der Waals surface area (Å²) >= 11 is 1.68. The van der Waals surface area contributed by atoms with Crippen molar-refractivity contribution in [3.63, 3.8) is 0 Å². The summed E-state index contributed by atoms with van der Waals surface area (Å²) in [6.45, 7) is 6.36. The Kier molecular flexibility index (Phi) is 4.31. The SMILES string of the molecule is COc1cccc(C2CN(c3nc(C)nc4scc(C)c34)CCO2)c1. The first-order valence-electron chi connectivity index (χ1n) is 8.38. The normalized spacial score (nSPS) is 17.9. The number of aryl methyl sites for hydroxylation is 2. The molecule has 0 saturated carbocycles. The van der Waals surface area contributed by atoms with Crippen LogP contribution >= 0.6 is 11.3 Å². The third-order valence-electron chi connectivity index (χ3n) is 4.54. The van der Waals surface area contributed by atoms with Gasteiger partial charge in [-0.2, -0.15) is 0 Å². The molecule has 4 rings (SSSR count). The highest BCUT2D eigenvalue weighted by molar-refractivity contribution is 7.17. The number of methoxy groups -OCH3 is 1. The summed E-state index contributed by atoms with van der Waals surface area (Å²) in [6.07, 6.45) is 0.00751. The summed E-state index contributed by atoms with van der Waals surface area (Å²) in [5, 5.41) is 3.32. The molecule has 1 atom stereocenters. The van der Waals surface area contributed by atoms with Gasteiger partial charge in [-0.05, 0) is 42.5 Å². The number of hydrogen-bond donors (Lipinski definition) is 0. The first-order valence-corrected chi connectivity index (χ1v) is 9.26. The predicted molar refractivity (Wildman–Crippen MR) is 101 cm³/mol. The maximum absolute atomic E-state index is 6.03. The van der Waals surface area contributed by atoms with Crippen molar-refractivity contribution in [1.29, 1.82) is 0 Å². The lowest BCUT2D eigenvalue weighted by Crippen LogP contribution is -2.39. The zero-order valence-corrected chi connectivity index (χ0v) is 15.5. The van der Waals surface area contributed by atoms with Gasteiger partial charge in [0.2, 0.25) is 0 Å². The second kappa shape index (κ2) is 6.61. The van der Waals surface area contributed by atoms with Gasteiger partial charge < -0.3 is 14.4 Å². The summed E-state index contributed by atoms with van der Waals surface area (Å²) in [4.78, 5) is 12.7. The van der Waals surface area contributed by atoms with E-state index in [9.17, 15) is 0 Å². The topological polar surface area (TPSA) is 47.5 Å². The van der Waals surface area contributed by atoms with E-state index < -0.39 is 0 Å². The third-order valence-corrected chi connectivity index (χ3v) is 5.53. The minimum Gasteiger partial charge on any atom is -0.497 e. The van der Waals surface area contributed by atoms with Crippen molar-refractivity contribution in [2.45, 2.75) is 20.0 Å². The van der Waals surface area contributed by atoms with Gasteiger partial charge in [0.1, 0.15) is 28.3 Å². The molecule has 5 nitrogen and oxygen atoms in total. The number of ether oxygens (including phenoxy) is 2. The van der Waals surface area contributed by atoms with E-state index in [2.05, 4.69) is 28.3 Å². The number of aromatic nitrogens is 2. The van der Waals surface area contributed by atoms with E-state index in [1.807, 2.05) is 25.1 Å². The molecule has 0 amide bonds. The van der Waals surface area contributed by atoms with Crippen molar-refractivity contribution in [2.24, 2.45) is 0 Å². The first kappa shape index (κ1) is 16.3. The molecule has 0 aliphatic carbocycles. The van der Waals surface area contributed by atoms with Crippen LogP contribution in [0.1, 0.15) is 23.1 Å². The molecule has 25 heavy (non-hydrogen) atoms. The van der Waals surface area contributed by atoms with Crippen LogP contribution in [-0.2, 0) is 4.74 Å². The zero-order valence-electron chi connectivity index (χ0n) is 14.7. The second-order valence-corrected chi connectivity index (χ2v) is 7.13. The molecule has 3 heterocycles. The Hall–Kier alpha value is -2.18. The molecule has 130 valence electrons. The average molecular weight is 355 g/mol. The molecule has 1 saturated heterocycles. The summed E-state index contributed by atoms with van der Waals surface area (Å²) in [7, 11) is 1.69. The van der Waals surface area contributed by atoms with Crippen LogP contribution in [0, 0.1) is 13.8 Å². The Bertz CT molecular complexity index is 909. The van der Waals surface area contributed by atoms with Crippen LogP contribution in [0.3, 0.4) is 0 Å². The molecule has 0 spiro atoms. The Morgan fingerprint density at radius 1 is 1.28 bits per heavy atom. The lowest BCUT2D eigenvalue weighted by Gasteiger charge is -2.34. The van der Waals surface area contributed by atoms with Gasteiger partial charge in [0.15, 0.2) is 0 Å². The van der Waals surface area contributed by atoms with Gasteiger partial charge in [0, 0.05) is 13.1 Å². The fourth-order valence-corrected chi connectivity index (χ4v) is 4.24. The molecule has 1 unspecified atom stereocenters. The van der Waals surface area contributed by atoms with E-state index in [1.54, 1.807) is 18.4 Å². The van der Waals surface area contributed by atoms with E-state index >= 15 is 0 Å². The molecule has 0 N–H and O–H groups in total. The summed E-state index contributed by atoms with van der Waals surface area (Å²) in [5.41, 5.74) is 2.37. The third kappa shape index (κ3) is 3.07. The molecule has 0 bridgehead atoms. The molecular weight excluding hydrogens is 334 g/mol. The molecule has 1 aromatic carbocycles. The number of benzene rings is 1. The lowest BCUT2D eigenvalue weighted by molar-refractivity contribution is 0.0395. The quantitative estimate of drug-likeness (QED) is 0.713. The lowest BCUT2D eigenvalue weighted by atomic mass is 10.1. The predicted octanol–water partition coefficient (Wildman–Crippen LogP) is 3.89. The van der Waals surface area contributed by atoms with Crippen LogP contribution in [-0.4, -0.2) is 36.8 Å². The van der Waals surface area contributed by atoms with E-state index in [0.717, 1.165) is 40.9 Å². The van der Waals surface area contributed by atoms with Crippen molar-refractivity contribution in [1.82, 2.24) is 9.97 Å². The smallest absolute Gasteiger partial charge is 0.141 e. The van der Waals surface area contributed by atoms with E-state index in [4.69, 9.17) is 14.5 Å². The minimum absolute atomic E-state index is 0.00751. The Morgan fingerprint density at radius 3 is 3.00 bits per heavy atom. The molecule has 1 aliphatic heterocycles. The molecule has 1 fully saturated rings. The van der Waals surface area contributed by atoms with Crippen LogP contribution in [0.5, 0.6) is 5.75 Å². The number of hydrogen-bond acceptors (Lipinski definition) is 6. The highest BCUT2D eigenvalue weighted by Gasteiger charge is 2.25. The van der Waals surface area contributed by atoms with Gasteiger partial charge in [0.25, 0.3) is 0 Å².